The van der Waals surface area contributed by atoms with E-state index in [-0.39, 0.29) is 17.9 Å². The predicted octanol–water partition coefficient (Wildman–Crippen LogP) is 3.47. The number of hydrogen-bond acceptors (Lipinski definition) is 3. The number of aliphatic hydroxyl groups excluding tert-OH is 1. The molecule has 2 aromatic carbocycles. The van der Waals surface area contributed by atoms with Crippen molar-refractivity contribution in [1.29, 1.82) is 0 Å². The number of aromatic carboxylic acids is 1. The molecule has 4 nitrogen and oxygen atoms in total. The van der Waals surface area contributed by atoms with Crippen molar-refractivity contribution in [3.63, 3.8) is 0 Å². The molecule has 2 rings (SSSR count). The van der Waals surface area contributed by atoms with Crippen LogP contribution in [-0.2, 0) is 6.42 Å². The minimum Gasteiger partial charge on any atom is -0.478 e. The van der Waals surface area contributed by atoms with Crippen molar-refractivity contribution in [3.8, 4) is 11.5 Å². The maximum absolute atomic E-state index is 11.2. The molecule has 0 atom stereocenters. The average molecular weight is 337 g/mol. The van der Waals surface area contributed by atoms with E-state index in [1.54, 1.807) is 24.3 Å². The molecule has 0 unspecified atom stereocenters. The molecular formula is C15H13BrO4. The van der Waals surface area contributed by atoms with Gasteiger partial charge < -0.3 is 14.9 Å². The van der Waals surface area contributed by atoms with Crippen LogP contribution in [0.3, 0.4) is 0 Å². The van der Waals surface area contributed by atoms with Crippen LogP contribution in [0.25, 0.3) is 0 Å². The van der Waals surface area contributed by atoms with Crippen LogP contribution < -0.4 is 4.74 Å². The first-order valence-corrected chi connectivity index (χ1v) is 6.80. The number of halogens is 1. The van der Waals surface area contributed by atoms with Crippen LogP contribution in [-0.4, -0.2) is 22.8 Å². The molecule has 0 aliphatic heterocycles. The Morgan fingerprint density at radius 3 is 2.45 bits per heavy atom. The van der Waals surface area contributed by atoms with Crippen molar-refractivity contribution in [2.75, 3.05) is 6.61 Å². The largest absolute Gasteiger partial charge is 0.478 e. The molecule has 0 fully saturated rings. The Labute approximate surface area is 124 Å². The third-order valence-corrected chi connectivity index (χ3v) is 3.22. The maximum Gasteiger partial charge on any atom is 0.339 e. The van der Waals surface area contributed by atoms with Crippen LogP contribution in [0, 0.1) is 0 Å². The predicted molar refractivity (Wildman–Crippen MR) is 78.4 cm³/mol. The van der Waals surface area contributed by atoms with E-state index in [1.165, 1.54) is 6.07 Å². The van der Waals surface area contributed by atoms with Crippen molar-refractivity contribution in [3.05, 3.63) is 58.1 Å². The zero-order valence-corrected chi connectivity index (χ0v) is 12.1. The molecule has 0 bridgehead atoms. The minimum absolute atomic E-state index is 0.0933. The normalized spacial score (nSPS) is 10.3. The highest BCUT2D eigenvalue weighted by Gasteiger charge is 2.12. The summed E-state index contributed by atoms with van der Waals surface area (Å²) in [5, 5.41) is 18.0. The molecule has 0 radical (unpaired) electrons. The van der Waals surface area contributed by atoms with E-state index in [0.717, 1.165) is 5.56 Å². The Morgan fingerprint density at radius 1 is 1.15 bits per heavy atom. The van der Waals surface area contributed by atoms with E-state index >= 15 is 0 Å². The van der Waals surface area contributed by atoms with Gasteiger partial charge in [-0.05, 0) is 42.3 Å². The molecule has 0 amide bonds. The Bertz CT molecular complexity index is 608. The van der Waals surface area contributed by atoms with Gasteiger partial charge in [-0.25, -0.2) is 4.79 Å². The lowest BCUT2D eigenvalue weighted by atomic mass is 10.1. The van der Waals surface area contributed by atoms with E-state index < -0.39 is 5.97 Å². The summed E-state index contributed by atoms with van der Waals surface area (Å²) in [6.07, 6.45) is 0.582. The average Bonchev–Trinajstić information content (AvgIpc) is 2.43. The van der Waals surface area contributed by atoms with Crippen molar-refractivity contribution < 1.29 is 19.7 Å². The van der Waals surface area contributed by atoms with Gasteiger partial charge in [-0.15, -0.1) is 0 Å². The van der Waals surface area contributed by atoms with Gasteiger partial charge in [0, 0.05) is 11.1 Å². The lowest BCUT2D eigenvalue weighted by Gasteiger charge is -2.09. The van der Waals surface area contributed by atoms with E-state index in [2.05, 4.69) is 15.9 Å². The van der Waals surface area contributed by atoms with Gasteiger partial charge in [0.15, 0.2) is 0 Å². The summed E-state index contributed by atoms with van der Waals surface area (Å²) in [4.78, 5) is 11.2. The van der Waals surface area contributed by atoms with Crippen LogP contribution in [0.5, 0.6) is 11.5 Å². The van der Waals surface area contributed by atoms with Crippen molar-refractivity contribution in [2.24, 2.45) is 0 Å². The van der Waals surface area contributed by atoms with Crippen molar-refractivity contribution in [1.82, 2.24) is 0 Å². The molecule has 0 heterocycles. The number of carboxylic acid groups (broad SMARTS) is 1. The number of rotatable bonds is 5. The monoisotopic (exact) mass is 336 g/mol. The number of ether oxygens (including phenoxy) is 1. The van der Waals surface area contributed by atoms with Gasteiger partial charge in [0.25, 0.3) is 0 Å². The smallest absolute Gasteiger partial charge is 0.339 e. The number of hydrogen-bond donors (Lipinski definition) is 2. The summed E-state index contributed by atoms with van der Waals surface area (Å²) >= 11 is 3.23. The second kappa shape index (κ2) is 6.54. The lowest BCUT2D eigenvalue weighted by molar-refractivity contribution is 0.0694. The first-order valence-electron chi connectivity index (χ1n) is 6.00. The van der Waals surface area contributed by atoms with E-state index in [1.807, 2.05) is 12.1 Å². The van der Waals surface area contributed by atoms with Crippen LogP contribution in [0.4, 0.5) is 0 Å². The van der Waals surface area contributed by atoms with E-state index in [4.69, 9.17) is 14.9 Å². The van der Waals surface area contributed by atoms with Gasteiger partial charge >= 0.3 is 5.97 Å². The molecule has 2 N–H and O–H groups in total. The summed E-state index contributed by atoms with van der Waals surface area (Å²) in [5.41, 5.74) is 1.09. The summed E-state index contributed by atoms with van der Waals surface area (Å²) in [6, 6.07) is 12.0. The second-order valence-electron chi connectivity index (χ2n) is 4.17. The highest BCUT2D eigenvalue weighted by Crippen LogP contribution is 2.28. The van der Waals surface area contributed by atoms with E-state index in [9.17, 15) is 4.79 Å². The van der Waals surface area contributed by atoms with Gasteiger partial charge in [-0.2, -0.15) is 0 Å². The molecular weight excluding hydrogens is 324 g/mol. The summed E-state index contributed by atoms with van der Waals surface area (Å²) in [5.74, 6) is -0.203. The van der Waals surface area contributed by atoms with Crippen molar-refractivity contribution >= 4 is 21.9 Å². The van der Waals surface area contributed by atoms with Gasteiger partial charge in [0.1, 0.15) is 17.1 Å². The number of benzene rings is 2. The van der Waals surface area contributed by atoms with Crippen LogP contribution in [0.1, 0.15) is 15.9 Å². The molecule has 0 aromatic heterocycles. The zero-order chi connectivity index (χ0) is 14.5. The number of aliphatic hydroxyl groups is 1. The highest BCUT2D eigenvalue weighted by molar-refractivity contribution is 9.10. The van der Waals surface area contributed by atoms with Gasteiger partial charge in [0.2, 0.25) is 0 Å². The van der Waals surface area contributed by atoms with Gasteiger partial charge in [-0.1, -0.05) is 28.1 Å². The Hall–Kier alpha value is -1.85. The molecule has 5 heteroatoms. The van der Waals surface area contributed by atoms with Crippen LogP contribution >= 0.6 is 15.9 Å². The first kappa shape index (κ1) is 14.6. The summed E-state index contributed by atoms with van der Waals surface area (Å²) < 4.78 is 6.28. The minimum atomic E-state index is -1.04. The van der Waals surface area contributed by atoms with Gasteiger partial charge in [-0.3, -0.25) is 0 Å². The number of carboxylic acids is 1. The molecule has 0 aliphatic carbocycles. The fraction of sp³-hybridized carbons (Fsp3) is 0.133. The number of carbonyl (C=O) groups is 1. The topological polar surface area (TPSA) is 66.8 Å². The molecule has 2 aromatic rings. The quantitative estimate of drug-likeness (QED) is 0.877. The second-order valence-corrected chi connectivity index (χ2v) is 5.08. The summed E-state index contributed by atoms with van der Waals surface area (Å²) in [7, 11) is 0. The van der Waals surface area contributed by atoms with Gasteiger partial charge in [0.05, 0.1) is 0 Å². The Kier molecular flexibility index (Phi) is 4.76. The fourth-order valence-corrected chi connectivity index (χ4v) is 2.10. The molecule has 0 saturated heterocycles. The Balaban J connectivity index is 2.23. The standard InChI is InChI=1S/C15H13BrO4/c16-11-3-6-14(13(9-11)15(18)19)20-12-4-1-10(2-5-12)7-8-17/h1-6,9,17H,7-8H2,(H,18,19). The molecule has 0 saturated carbocycles. The molecule has 0 aliphatic rings. The van der Waals surface area contributed by atoms with Crippen molar-refractivity contribution in [2.45, 2.75) is 6.42 Å². The molecule has 0 spiro atoms. The third kappa shape index (κ3) is 3.59. The SMILES string of the molecule is O=C(O)c1cc(Br)ccc1Oc1ccc(CCO)cc1. The summed E-state index contributed by atoms with van der Waals surface area (Å²) in [6.45, 7) is 0.0933. The molecule has 20 heavy (non-hydrogen) atoms. The zero-order valence-electron chi connectivity index (χ0n) is 10.5. The highest BCUT2D eigenvalue weighted by atomic mass is 79.9. The first-order chi connectivity index (χ1) is 9.60. The third-order valence-electron chi connectivity index (χ3n) is 2.72. The fourth-order valence-electron chi connectivity index (χ4n) is 1.74. The maximum atomic E-state index is 11.2. The van der Waals surface area contributed by atoms with Crippen LogP contribution in [0.15, 0.2) is 46.9 Å². The van der Waals surface area contributed by atoms with E-state index in [0.29, 0.717) is 16.6 Å². The molecule has 104 valence electrons. The Morgan fingerprint density at radius 2 is 1.85 bits per heavy atom. The lowest BCUT2D eigenvalue weighted by Crippen LogP contribution is -2.00. The van der Waals surface area contributed by atoms with Crippen LogP contribution in [0.2, 0.25) is 0 Å².